The maximum Gasteiger partial charge on any atom is 0.418 e. The van der Waals surface area contributed by atoms with E-state index in [4.69, 9.17) is 0 Å². The molecule has 9 heteroatoms. The summed E-state index contributed by atoms with van der Waals surface area (Å²) < 4.78 is 65.7. The maximum atomic E-state index is 13.3. The zero-order valence-corrected chi connectivity index (χ0v) is 18.7. The molecule has 1 heterocycles. The quantitative estimate of drug-likeness (QED) is 0.379. The molecule has 174 valence electrons. The van der Waals surface area contributed by atoms with Crippen molar-refractivity contribution >= 4 is 32.3 Å². The van der Waals surface area contributed by atoms with Crippen LogP contribution in [0.2, 0.25) is 0 Å². The highest BCUT2D eigenvalue weighted by Crippen LogP contribution is 2.35. The monoisotopic (exact) mass is 484 g/mol. The van der Waals surface area contributed by atoms with Crippen molar-refractivity contribution in [2.24, 2.45) is 0 Å². The first-order valence-electron chi connectivity index (χ1n) is 10.3. The highest BCUT2D eigenvalue weighted by Gasteiger charge is 2.33. The number of carbonyl (C=O) groups excluding carboxylic acids is 1. The minimum Gasteiger partial charge on any atom is -0.321 e. The van der Waals surface area contributed by atoms with Crippen LogP contribution in [0.1, 0.15) is 22.8 Å². The van der Waals surface area contributed by atoms with Crippen molar-refractivity contribution in [3.63, 3.8) is 0 Å². The molecule has 0 atom stereocenters. The second-order valence-corrected chi connectivity index (χ2v) is 9.72. The lowest BCUT2D eigenvalue weighted by Crippen LogP contribution is -2.17. The van der Waals surface area contributed by atoms with Crippen molar-refractivity contribution in [1.29, 1.82) is 0 Å². The molecule has 4 rings (SSSR count). The zero-order valence-electron chi connectivity index (χ0n) is 17.9. The van der Waals surface area contributed by atoms with E-state index >= 15 is 0 Å². The Hall–Kier alpha value is -3.72. The number of pyridine rings is 1. The minimum atomic E-state index is -4.59. The first-order chi connectivity index (χ1) is 16.1. The molecular weight excluding hydrogens is 465 g/mol. The summed E-state index contributed by atoms with van der Waals surface area (Å²) in [7, 11) is -3.75. The van der Waals surface area contributed by atoms with Gasteiger partial charge >= 0.3 is 6.18 Å². The van der Waals surface area contributed by atoms with Crippen LogP contribution < -0.4 is 5.32 Å². The highest BCUT2D eigenvalue weighted by atomic mass is 32.2. The fraction of sp³-hybridized carbons (Fsp3) is 0.120. The van der Waals surface area contributed by atoms with E-state index in [9.17, 15) is 26.4 Å². The summed E-state index contributed by atoms with van der Waals surface area (Å²) in [5.74, 6) is -0.873. The summed E-state index contributed by atoms with van der Waals surface area (Å²) in [6, 6.07) is 18.5. The van der Waals surface area contributed by atoms with Gasteiger partial charge in [-0.1, -0.05) is 61.5 Å². The third kappa shape index (κ3) is 4.51. The van der Waals surface area contributed by atoms with E-state index in [0.717, 1.165) is 12.3 Å². The van der Waals surface area contributed by atoms with Gasteiger partial charge in [-0.2, -0.15) is 13.2 Å². The molecule has 0 spiro atoms. The van der Waals surface area contributed by atoms with Crippen molar-refractivity contribution in [1.82, 2.24) is 4.98 Å². The number of halogens is 3. The predicted octanol–water partition coefficient (Wildman–Crippen LogP) is 5.97. The van der Waals surface area contributed by atoms with Crippen molar-refractivity contribution in [2.75, 3.05) is 11.1 Å². The second kappa shape index (κ2) is 8.90. The highest BCUT2D eigenvalue weighted by molar-refractivity contribution is 7.91. The molecular formula is C25H19F3N2O3S. The first kappa shape index (κ1) is 23.4. The number of fused-ring (bicyclic) bond motifs is 1. The average molecular weight is 484 g/mol. The van der Waals surface area contributed by atoms with Crippen LogP contribution in [0.4, 0.5) is 18.9 Å². The van der Waals surface area contributed by atoms with Gasteiger partial charge in [0.25, 0.3) is 5.91 Å². The molecule has 0 saturated heterocycles. The number of rotatable bonds is 5. The van der Waals surface area contributed by atoms with Gasteiger partial charge in [-0.25, -0.2) is 8.42 Å². The molecule has 0 unspecified atom stereocenters. The van der Waals surface area contributed by atoms with Crippen molar-refractivity contribution in [3.05, 3.63) is 90.1 Å². The van der Waals surface area contributed by atoms with Crippen LogP contribution in [0.3, 0.4) is 0 Å². The molecule has 4 aromatic rings. The Morgan fingerprint density at radius 1 is 0.971 bits per heavy atom. The summed E-state index contributed by atoms with van der Waals surface area (Å²) in [5.41, 5.74) is 0.00855. The number of hydrogen-bond donors (Lipinski definition) is 1. The SMILES string of the molecule is CCS(=O)(=O)c1c(NC(=O)c2cnc3c(C(F)(F)F)cccc3c2)cccc1-c1ccccc1. The summed E-state index contributed by atoms with van der Waals surface area (Å²) in [4.78, 5) is 16.8. The Bertz CT molecular complexity index is 1480. The molecule has 0 aliphatic rings. The van der Waals surface area contributed by atoms with Crippen LogP contribution in [0.15, 0.2) is 83.9 Å². The number of amides is 1. The van der Waals surface area contributed by atoms with Crippen LogP contribution in [0.25, 0.3) is 22.0 Å². The molecule has 1 aromatic heterocycles. The molecule has 1 N–H and O–H groups in total. The van der Waals surface area contributed by atoms with Gasteiger partial charge in [0.2, 0.25) is 0 Å². The number of nitrogens with zero attached hydrogens (tertiary/aromatic N) is 1. The predicted molar refractivity (Wildman–Crippen MR) is 124 cm³/mol. The summed E-state index contributed by atoms with van der Waals surface area (Å²) in [6.45, 7) is 1.51. The number of carbonyl (C=O) groups is 1. The van der Waals surface area contributed by atoms with Crippen molar-refractivity contribution in [3.8, 4) is 11.1 Å². The number of hydrogen-bond acceptors (Lipinski definition) is 4. The lowest BCUT2D eigenvalue weighted by Gasteiger charge is -2.16. The van der Waals surface area contributed by atoms with Gasteiger partial charge in [0.15, 0.2) is 9.84 Å². The van der Waals surface area contributed by atoms with Gasteiger partial charge in [-0.05, 0) is 23.8 Å². The van der Waals surface area contributed by atoms with Gasteiger partial charge in [-0.15, -0.1) is 0 Å². The van der Waals surface area contributed by atoms with Crippen LogP contribution in [0, 0.1) is 0 Å². The average Bonchev–Trinajstić information content (AvgIpc) is 2.83. The van der Waals surface area contributed by atoms with E-state index < -0.39 is 27.5 Å². The zero-order chi connectivity index (χ0) is 24.5. The van der Waals surface area contributed by atoms with Crippen LogP contribution >= 0.6 is 0 Å². The van der Waals surface area contributed by atoms with Crippen LogP contribution in [-0.2, 0) is 16.0 Å². The topological polar surface area (TPSA) is 76.1 Å². The lowest BCUT2D eigenvalue weighted by molar-refractivity contribution is -0.136. The molecule has 0 saturated carbocycles. The molecule has 0 aliphatic heterocycles. The normalized spacial score (nSPS) is 12.0. The Balaban J connectivity index is 1.77. The number of para-hydroxylation sites is 1. The van der Waals surface area contributed by atoms with Gasteiger partial charge in [-0.3, -0.25) is 9.78 Å². The largest absolute Gasteiger partial charge is 0.418 e. The third-order valence-electron chi connectivity index (χ3n) is 5.32. The molecule has 5 nitrogen and oxygen atoms in total. The summed E-state index contributed by atoms with van der Waals surface area (Å²) in [6.07, 6.45) is -3.54. The molecule has 1 amide bonds. The van der Waals surface area contributed by atoms with E-state index in [0.29, 0.717) is 11.1 Å². The Labute approximate surface area is 194 Å². The van der Waals surface area contributed by atoms with Crippen LogP contribution in [-0.4, -0.2) is 25.1 Å². The van der Waals surface area contributed by atoms with Gasteiger partial charge in [0.1, 0.15) is 0 Å². The molecule has 0 bridgehead atoms. The number of alkyl halides is 3. The van der Waals surface area contributed by atoms with E-state index in [2.05, 4.69) is 10.3 Å². The summed E-state index contributed by atoms with van der Waals surface area (Å²) >= 11 is 0. The molecule has 34 heavy (non-hydrogen) atoms. The second-order valence-electron chi connectivity index (χ2n) is 7.50. The van der Waals surface area contributed by atoms with Gasteiger partial charge in [0.05, 0.1) is 33.0 Å². The Morgan fingerprint density at radius 2 is 1.68 bits per heavy atom. The van der Waals surface area contributed by atoms with Crippen LogP contribution in [0.5, 0.6) is 0 Å². The smallest absolute Gasteiger partial charge is 0.321 e. The van der Waals surface area contributed by atoms with Gasteiger partial charge in [0, 0.05) is 17.1 Å². The van der Waals surface area contributed by atoms with E-state index in [-0.39, 0.29) is 32.8 Å². The lowest BCUT2D eigenvalue weighted by atomic mass is 10.0. The van der Waals surface area contributed by atoms with E-state index in [1.807, 2.05) is 0 Å². The number of benzene rings is 3. The molecule has 0 aliphatic carbocycles. The fourth-order valence-corrected chi connectivity index (χ4v) is 4.93. The van der Waals surface area contributed by atoms with E-state index in [1.165, 1.54) is 31.2 Å². The standard InChI is InChI=1S/C25H19F3N2O3S/c1-2-34(32,33)23-19(16-8-4-3-5-9-16)11-7-13-21(23)30-24(31)18-14-17-10-6-12-20(25(26,27)28)22(17)29-15-18/h3-15H,2H2,1H3,(H,30,31). The first-order valence-corrected chi connectivity index (χ1v) is 12.0. The third-order valence-corrected chi connectivity index (χ3v) is 7.14. The number of nitrogens with one attached hydrogen (secondary N) is 1. The molecule has 0 radical (unpaired) electrons. The van der Waals surface area contributed by atoms with Crippen molar-refractivity contribution < 1.29 is 26.4 Å². The van der Waals surface area contributed by atoms with Gasteiger partial charge < -0.3 is 5.32 Å². The minimum absolute atomic E-state index is 0.00298. The molecule has 3 aromatic carbocycles. The Kier molecular flexibility index (Phi) is 6.14. The Morgan fingerprint density at radius 3 is 2.35 bits per heavy atom. The summed E-state index contributed by atoms with van der Waals surface area (Å²) in [5, 5.41) is 2.75. The number of sulfone groups is 1. The maximum absolute atomic E-state index is 13.3. The fourth-order valence-electron chi connectivity index (χ4n) is 3.67. The molecule has 0 fully saturated rings. The number of anilines is 1. The van der Waals surface area contributed by atoms with Crippen molar-refractivity contribution in [2.45, 2.75) is 18.0 Å². The number of aromatic nitrogens is 1. The van der Waals surface area contributed by atoms with E-state index in [1.54, 1.807) is 42.5 Å².